The van der Waals surface area contributed by atoms with E-state index in [1.54, 1.807) is 13.8 Å². The second-order valence-electron chi connectivity index (χ2n) is 4.20. The summed E-state index contributed by atoms with van der Waals surface area (Å²) in [6.07, 6.45) is 0.427. The molecule has 0 aliphatic rings. The number of carboxylic acids is 1. The molecule has 0 saturated carbocycles. The summed E-state index contributed by atoms with van der Waals surface area (Å²) in [6, 6.07) is 9.55. The molecule has 0 bridgehead atoms. The Balaban J connectivity index is 2.87. The Bertz CT molecular complexity index is 386. The largest absolute Gasteiger partial charge is 0.480 e. The number of aliphatic carboxylic acids is 1. The van der Waals surface area contributed by atoms with Gasteiger partial charge in [0, 0.05) is 12.1 Å². The number of carboxylic acid groups (broad SMARTS) is 1. The average Bonchev–Trinajstić information content (AvgIpc) is 2.17. The second kappa shape index (κ2) is 4.84. The van der Waals surface area contributed by atoms with Gasteiger partial charge in [-0.2, -0.15) is 0 Å². The monoisotopic (exact) mass is 219 g/mol. The Morgan fingerprint density at radius 3 is 2.44 bits per heavy atom. The smallest absolute Gasteiger partial charge is 0.329 e. The SMILES string of the molecule is C=C(C)NC(C)(Cc1ccccc1)C(=O)O. The molecule has 0 heterocycles. The van der Waals surface area contributed by atoms with E-state index in [-0.39, 0.29) is 0 Å². The highest BCUT2D eigenvalue weighted by molar-refractivity contribution is 5.79. The molecule has 0 aliphatic carbocycles. The summed E-state index contributed by atoms with van der Waals surface area (Å²) in [7, 11) is 0. The molecule has 16 heavy (non-hydrogen) atoms. The highest BCUT2D eigenvalue weighted by Crippen LogP contribution is 2.15. The number of benzene rings is 1. The average molecular weight is 219 g/mol. The van der Waals surface area contributed by atoms with Crippen LogP contribution in [0.15, 0.2) is 42.6 Å². The van der Waals surface area contributed by atoms with Crippen LogP contribution in [0.2, 0.25) is 0 Å². The fourth-order valence-corrected chi connectivity index (χ4v) is 1.65. The molecule has 0 saturated heterocycles. The highest BCUT2D eigenvalue weighted by atomic mass is 16.4. The van der Waals surface area contributed by atoms with E-state index < -0.39 is 11.5 Å². The lowest BCUT2D eigenvalue weighted by Gasteiger charge is -2.27. The van der Waals surface area contributed by atoms with Crippen LogP contribution >= 0.6 is 0 Å². The standard InChI is InChI=1S/C13H17NO2/c1-10(2)14-13(3,12(15)16)9-11-7-5-4-6-8-11/h4-8,14H,1,9H2,2-3H3,(H,15,16). The lowest BCUT2D eigenvalue weighted by Crippen LogP contribution is -2.50. The van der Waals surface area contributed by atoms with E-state index in [9.17, 15) is 9.90 Å². The Morgan fingerprint density at radius 2 is 2.00 bits per heavy atom. The number of rotatable bonds is 5. The summed E-state index contributed by atoms with van der Waals surface area (Å²) < 4.78 is 0. The first-order valence-corrected chi connectivity index (χ1v) is 5.15. The highest BCUT2D eigenvalue weighted by Gasteiger charge is 2.32. The first-order chi connectivity index (χ1) is 7.44. The van der Waals surface area contributed by atoms with Crippen molar-refractivity contribution in [1.29, 1.82) is 0 Å². The number of carbonyl (C=O) groups is 1. The van der Waals surface area contributed by atoms with Gasteiger partial charge in [0.1, 0.15) is 5.54 Å². The normalized spacial score (nSPS) is 13.9. The van der Waals surface area contributed by atoms with Gasteiger partial charge in [-0.25, -0.2) is 4.79 Å². The van der Waals surface area contributed by atoms with Crippen molar-refractivity contribution in [3.8, 4) is 0 Å². The van der Waals surface area contributed by atoms with E-state index in [0.717, 1.165) is 5.56 Å². The quantitative estimate of drug-likeness (QED) is 0.798. The first-order valence-electron chi connectivity index (χ1n) is 5.15. The van der Waals surface area contributed by atoms with Crippen molar-refractivity contribution in [2.75, 3.05) is 0 Å². The molecule has 0 amide bonds. The molecule has 1 rings (SSSR count). The van der Waals surface area contributed by atoms with Crippen molar-refractivity contribution in [2.45, 2.75) is 25.8 Å². The Kier molecular flexibility index (Phi) is 3.72. The van der Waals surface area contributed by atoms with Crippen LogP contribution in [0, 0.1) is 0 Å². The van der Waals surface area contributed by atoms with Crippen LogP contribution in [-0.4, -0.2) is 16.6 Å². The summed E-state index contributed by atoms with van der Waals surface area (Å²) in [4.78, 5) is 11.3. The van der Waals surface area contributed by atoms with Crippen LogP contribution in [0.5, 0.6) is 0 Å². The summed E-state index contributed by atoms with van der Waals surface area (Å²) >= 11 is 0. The van der Waals surface area contributed by atoms with Gasteiger partial charge in [0.05, 0.1) is 0 Å². The van der Waals surface area contributed by atoms with Crippen molar-refractivity contribution in [3.63, 3.8) is 0 Å². The van der Waals surface area contributed by atoms with Crippen molar-refractivity contribution < 1.29 is 9.90 Å². The molecule has 1 aromatic rings. The maximum Gasteiger partial charge on any atom is 0.329 e. The molecule has 86 valence electrons. The van der Waals surface area contributed by atoms with Gasteiger partial charge < -0.3 is 10.4 Å². The van der Waals surface area contributed by atoms with Crippen LogP contribution in [0.25, 0.3) is 0 Å². The summed E-state index contributed by atoms with van der Waals surface area (Å²) in [5.74, 6) is -0.876. The minimum absolute atomic E-state index is 0.427. The maximum absolute atomic E-state index is 11.3. The lowest BCUT2D eigenvalue weighted by atomic mass is 9.92. The van der Waals surface area contributed by atoms with E-state index in [1.165, 1.54) is 0 Å². The summed E-state index contributed by atoms with van der Waals surface area (Å²) in [6.45, 7) is 7.11. The van der Waals surface area contributed by atoms with Gasteiger partial charge in [-0.1, -0.05) is 36.9 Å². The van der Waals surface area contributed by atoms with E-state index in [2.05, 4.69) is 11.9 Å². The molecule has 0 spiro atoms. The zero-order chi connectivity index (χ0) is 12.2. The van der Waals surface area contributed by atoms with E-state index in [1.807, 2.05) is 30.3 Å². The summed E-state index contributed by atoms with van der Waals surface area (Å²) in [5, 5.41) is 12.1. The zero-order valence-corrected chi connectivity index (χ0v) is 9.66. The molecule has 3 nitrogen and oxygen atoms in total. The summed E-state index contributed by atoms with van der Waals surface area (Å²) in [5.41, 5.74) is 0.634. The van der Waals surface area contributed by atoms with Crippen molar-refractivity contribution in [1.82, 2.24) is 5.32 Å². The fraction of sp³-hybridized carbons (Fsp3) is 0.308. The number of nitrogens with one attached hydrogen (secondary N) is 1. The predicted molar refractivity (Wildman–Crippen MR) is 64.1 cm³/mol. The molecular formula is C13H17NO2. The van der Waals surface area contributed by atoms with Crippen LogP contribution in [0.4, 0.5) is 0 Å². The molecule has 0 aliphatic heterocycles. The fourth-order valence-electron chi connectivity index (χ4n) is 1.65. The van der Waals surface area contributed by atoms with E-state index in [0.29, 0.717) is 12.1 Å². The van der Waals surface area contributed by atoms with Crippen LogP contribution in [-0.2, 0) is 11.2 Å². The minimum atomic E-state index is -1.01. The van der Waals surface area contributed by atoms with Gasteiger partial charge in [0.2, 0.25) is 0 Å². The first kappa shape index (κ1) is 12.3. The Hall–Kier alpha value is -1.77. The van der Waals surface area contributed by atoms with Gasteiger partial charge in [0.25, 0.3) is 0 Å². The molecular weight excluding hydrogens is 202 g/mol. The molecule has 0 fully saturated rings. The molecule has 1 unspecified atom stereocenters. The third-order valence-corrected chi connectivity index (χ3v) is 2.36. The van der Waals surface area contributed by atoms with Crippen molar-refractivity contribution in [2.24, 2.45) is 0 Å². The second-order valence-corrected chi connectivity index (χ2v) is 4.20. The van der Waals surface area contributed by atoms with E-state index in [4.69, 9.17) is 0 Å². The molecule has 3 heteroatoms. The van der Waals surface area contributed by atoms with Crippen molar-refractivity contribution in [3.05, 3.63) is 48.2 Å². The number of hydrogen-bond donors (Lipinski definition) is 2. The molecule has 0 aromatic heterocycles. The van der Waals surface area contributed by atoms with Gasteiger partial charge in [-0.05, 0) is 19.4 Å². The molecule has 2 N–H and O–H groups in total. The third-order valence-electron chi connectivity index (χ3n) is 2.36. The van der Waals surface area contributed by atoms with E-state index >= 15 is 0 Å². The van der Waals surface area contributed by atoms with Crippen LogP contribution in [0.1, 0.15) is 19.4 Å². The predicted octanol–water partition coefficient (Wildman–Crippen LogP) is 2.20. The Labute approximate surface area is 95.8 Å². The minimum Gasteiger partial charge on any atom is -0.480 e. The zero-order valence-electron chi connectivity index (χ0n) is 9.66. The van der Waals surface area contributed by atoms with Crippen molar-refractivity contribution >= 4 is 5.97 Å². The van der Waals surface area contributed by atoms with Gasteiger partial charge >= 0.3 is 5.97 Å². The molecule has 1 atom stereocenters. The van der Waals surface area contributed by atoms with Gasteiger partial charge in [-0.15, -0.1) is 0 Å². The molecule has 0 radical (unpaired) electrons. The molecule has 1 aromatic carbocycles. The number of allylic oxidation sites excluding steroid dienone is 1. The van der Waals surface area contributed by atoms with Gasteiger partial charge in [0.15, 0.2) is 0 Å². The topological polar surface area (TPSA) is 49.3 Å². The Morgan fingerprint density at radius 1 is 1.44 bits per heavy atom. The maximum atomic E-state index is 11.3. The van der Waals surface area contributed by atoms with Crippen LogP contribution < -0.4 is 5.32 Å². The number of hydrogen-bond acceptors (Lipinski definition) is 2. The lowest BCUT2D eigenvalue weighted by molar-refractivity contribution is -0.143. The van der Waals surface area contributed by atoms with Gasteiger partial charge in [-0.3, -0.25) is 0 Å². The van der Waals surface area contributed by atoms with Crippen LogP contribution in [0.3, 0.4) is 0 Å². The third kappa shape index (κ3) is 3.12.